The first kappa shape index (κ1) is 20.2. The predicted octanol–water partition coefficient (Wildman–Crippen LogP) is -1.68. The Kier molecular flexibility index (Phi) is 6.46. The molecule has 9 heteroatoms. The first-order chi connectivity index (χ1) is 12.8. The molecular weight excluding hydrogens is 380 g/mol. The van der Waals surface area contributed by atoms with E-state index in [4.69, 9.17) is 17.2 Å². The lowest BCUT2D eigenvalue weighted by molar-refractivity contribution is -0.918. The van der Waals surface area contributed by atoms with E-state index in [1.54, 1.807) is 11.3 Å². The van der Waals surface area contributed by atoms with E-state index in [0.717, 1.165) is 77.4 Å². The van der Waals surface area contributed by atoms with Crippen molar-refractivity contribution in [3.63, 3.8) is 0 Å². The average molecular weight is 411 g/mol. The van der Waals surface area contributed by atoms with Crippen LogP contribution >= 0.6 is 23.6 Å². The Morgan fingerprint density at radius 1 is 1.37 bits per heavy atom. The summed E-state index contributed by atoms with van der Waals surface area (Å²) < 4.78 is 0. The standard InChI is InChI=1S/C18H28N6OS2/c1-12-13(2)27-17-15(12)16(25)20-14(21-17)11-23-7-9-24(10-8-23)18(26)19-5-6-22(3)4/h5-11H2,1-4H3,(H,19,26)(H,20,21,25)/p+2. The average Bonchev–Trinajstić information content (AvgIpc) is 2.89. The number of thiophene rings is 1. The van der Waals surface area contributed by atoms with Gasteiger partial charge in [0.15, 0.2) is 10.9 Å². The van der Waals surface area contributed by atoms with Crippen molar-refractivity contribution in [3.8, 4) is 0 Å². The number of thiocarbonyl (C=S) groups is 1. The molecule has 1 aliphatic heterocycles. The topological polar surface area (TPSA) is 69.9 Å². The van der Waals surface area contributed by atoms with Crippen molar-refractivity contribution in [2.75, 3.05) is 53.4 Å². The quantitative estimate of drug-likeness (QED) is 0.444. The Balaban J connectivity index is 1.56. The molecule has 0 atom stereocenters. The first-order valence-corrected chi connectivity index (χ1v) is 10.7. The second-order valence-electron chi connectivity index (χ2n) is 7.58. The third-order valence-electron chi connectivity index (χ3n) is 5.16. The minimum absolute atomic E-state index is 0.0108. The molecule has 0 aromatic carbocycles. The number of quaternary nitrogens is 2. The van der Waals surface area contributed by atoms with Crippen molar-refractivity contribution in [1.29, 1.82) is 0 Å². The summed E-state index contributed by atoms with van der Waals surface area (Å²) in [5.74, 6) is 0.784. The fourth-order valence-electron chi connectivity index (χ4n) is 3.35. The normalized spacial score (nSPS) is 15.7. The monoisotopic (exact) mass is 410 g/mol. The van der Waals surface area contributed by atoms with E-state index in [1.165, 1.54) is 9.80 Å². The van der Waals surface area contributed by atoms with Crippen LogP contribution in [0.4, 0.5) is 0 Å². The molecular formula is C18H30N6OS2+2. The fraction of sp³-hybridized carbons (Fsp3) is 0.611. The van der Waals surface area contributed by atoms with Crippen molar-refractivity contribution >= 4 is 38.9 Å². The number of piperazine rings is 1. The van der Waals surface area contributed by atoms with E-state index < -0.39 is 0 Å². The summed E-state index contributed by atoms with van der Waals surface area (Å²) >= 11 is 7.12. The largest absolute Gasteiger partial charge is 0.357 e. The second kappa shape index (κ2) is 8.64. The summed E-state index contributed by atoms with van der Waals surface area (Å²) in [6.07, 6.45) is 0. The number of hydrogen-bond donors (Lipinski definition) is 4. The minimum atomic E-state index is -0.0108. The SMILES string of the molecule is Cc1sc2nc(C[NH+]3CCN(C(=S)NCC[NH+](C)C)CC3)[nH]c(=O)c2c1C. The third-order valence-corrected chi connectivity index (χ3v) is 6.67. The highest BCUT2D eigenvalue weighted by Gasteiger charge is 2.23. The molecule has 1 fully saturated rings. The van der Waals surface area contributed by atoms with Crippen molar-refractivity contribution in [2.24, 2.45) is 0 Å². The molecule has 3 rings (SSSR count). The molecule has 2 aromatic heterocycles. The smallest absolute Gasteiger partial charge is 0.260 e. The molecule has 0 bridgehead atoms. The van der Waals surface area contributed by atoms with Crippen LogP contribution in [-0.4, -0.2) is 73.3 Å². The molecule has 0 unspecified atom stereocenters. The highest BCUT2D eigenvalue weighted by atomic mass is 32.1. The Bertz CT molecular complexity index is 867. The van der Waals surface area contributed by atoms with Gasteiger partial charge in [-0.1, -0.05) is 0 Å². The number of aromatic amines is 1. The molecule has 4 N–H and O–H groups in total. The van der Waals surface area contributed by atoms with Crippen molar-refractivity contribution in [3.05, 3.63) is 26.6 Å². The molecule has 148 valence electrons. The van der Waals surface area contributed by atoms with Gasteiger partial charge in [-0.15, -0.1) is 11.3 Å². The van der Waals surface area contributed by atoms with Gasteiger partial charge in [0.25, 0.3) is 5.56 Å². The maximum atomic E-state index is 12.4. The molecule has 0 aliphatic carbocycles. The van der Waals surface area contributed by atoms with Crippen LogP contribution in [0.1, 0.15) is 16.3 Å². The summed E-state index contributed by atoms with van der Waals surface area (Å²) in [5, 5.41) is 4.95. The van der Waals surface area contributed by atoms with Crippen molar-refractivity contribution in [1.82, 2.24) is 20.2 Å². The zero-order valence-electron chi connectivity index (χ0n) is 16.6. The van der Waals surface area contributed by atoms with Crippen LogP contribution in [0.3, 0.4) is 0 Å². The molecule has 3 heterocycles. The van der Waals surface area contributed by atoms with Gasteiger partial charge in [0.05, 0.1) is 58.8 Å². The number of likely N-dealkylation sites (N-methyl/N-ethyl adjacent to an activating group) is 1. The number of nitrogens with zero attached hydrogens (tertiary/aromatic N) is 2. The van der Waals surface area contributed by atoms with Gasteiger partial charge in [-0.3, -0.25) is 4.79 Å². The predicted molar refractivity (Wildman–Crippen MR) is 114 cm³/mol. The third kappa shape index (κ3) is 4.84. The number of nitrogens with one attached hydrogen (secondary N) is 4. The zero-order valence-corrected chi connectivity index (χ0v) is 18.2. The van der Waals surface area contributed by atoms with Gasteiger partial charge in [0, 0.05) is 4.88 Å². The van der Waals surface area contributed by atoms with Crippen LogP contribution in [0.2, 0.25) is 0 Å². The Labute approximate surface area is 169 Å². The summed E-state index contributed by atoms with van der Waals surface area (Å²) in [4.78, 5) is 27.2. The van der Waals surface area contributed by atoms with Crippen LogP contribution in [0.25, 0.3) is 10.2 Å². The van der Waals surface area contributed by atoms with E-state index >= 15 is 0 Å². The molecule has 1 saturated heterocycles. The van der Waals surface area contributed by atoms with Crippen molar-refractivity contribution in [2.45, 2.75) is 20.4 Å². The molecule has 7 nitrogen and oxygen atoms in total. The lowest BCUT2D eigenvalue weighted by Gasteiger charge is -2.33. The number of fused-ring (bicyclic) bond motifs is 1. The lowest BCUT2D eigenvalue weighted by atomic mass is 10.2. The molecule has 0 spiro atoms. The second-order valence-corrected chi connectivity index (χ2v) is 9.17. The molecule has 2 aromatic rings. The maximum Gasteiger partial charge on any atom is 0.260 e. The van der Waals surface area contributed by atoms with E-state index in [0.29, 0.717) is 0 Å². The van der Waals surface area contributed by atoms with Gasteiger partial charge in [-0.25, -0.2) is 4.98 Å². The molecule has 27 heavy (non-hydrogen) atoms. The van der Waals surface area contributed by atoms with E-state index in [-0.39, 0.29) is 5.56 Å². The van der Waals surface area contributed by atoms with E-state index in [9.17, 15) is 4.79 Å². The molecule has 0 saturated carbocycles. The van der Waals surface area contributed by atoms with Crippen LogP contribution in [0, 0.1) is 13.8 Å². The van der Waals surface area contributed by atoms with Gasteiger partial charge >= 0.3 is 0 Å². The summed E-state index contributed by atoms with van der Waals surface area (Å²) in [7, 11) is 4.28. The van der Waals surface area contributed by atoms with Crippen molar-refractivity contribution < 1.29 is 9.80 Å². The number of rotatable bonds is 5. The van der Waals surface area contributed by atoms with Gasteiger partial charge in [-0.05, 0) is 31.6 Å². The van der Waals surface area contributed by atoms with Gasteiger partial charge < -0.3 is 25.0 Å². The van der Waals surface area contributed by atoms with Crippen LogP contribution in [-0.2, 0) is 6.54 Å². The van der Waals surface area contributed by atoms with Gasteiger partial charge in [0.2, 0.25) is 0 Å². The Hall–Kier alpha value is -1.55. The highest BCUT2D eigenvalue weighted by Crippen LogP contribution is 2.25. The minimum Gasteiger partial charge on any atom is -0.357 e. The highest BCUT2D eigenvalue weighted by molar-refractivity contribution is 7.80. The van der Waals surface area contributed by atoms with E-state index in [1.807, 2.05) is 13.8 Å². The fourth-order valence-corrected chi connectivity index (χ4v) is 4.69. The zero-order chi connectivity index (χ0) is 19.6. The first-order valence-electron chi connectivity index (χ1n) is 9.49. The van der Waals surface area contributed by atoms with Crippen LogP contribution < -0.4 is 20.7 Å². The summed E-state index contributed by atoms with van der Waals surface area (Å²) in [6.45, 7) is 10.6. The van der Waals surface area contributed by atoms with Gasteiger partial charge in [0.1, 0.15) is 11.4 Å². The number of H-pyrrole nitrogens is 1. The lowest BCUT2D eigenvalue weighted by Crippen LogP contribution is -3.13. The molecule has 0 amide bonds. The summed E-state index contributed by atoms with van der Waals surface area (Å²) in [6, 6.07) is 0. The number of hydrogen-bond acceptors (Lipinski definition) is 4. The van der Waals surface area contributed by atoms with E-state index in [2.05, 4.69) is 29.3 Å². The number of aromatic nitrogens is 2. The Morgan fingerprint density at radius 3 is 2.74 bits per heavy atom. The Morgan fingerprint density at radius 2 is 2.07 bits per heavy atom. The molecule has 1 aliphatic rings. The maximum absolute atomic E-state index is 12.4. The van der Waals surface area contributed by atoms with Crippen LogP contribution in [0.5, 0.6) is 0 Å². The number of aryl methyl sites for hydroxylation is 2. The van der Waals surface area contributed by atoms with Gasteiger partial charge in [-0.2, -0.15) is 0 Å². The molecule has 0 radical (unpaired) electrons. The summed E-state index contributed by atoms with van der Waals surface area (Å²) in [5.41, 5.74) is 1.04. The van der Waals surface area contributed by atoms with Crippen LogP contribution in [0.15, 0.2) is 4.79 Å².